The molecule has 0 radical (unpaired) electrons. The Kier molecular flexibility index (Phi) is 6.30. The molecule has 1 heterocycles. The van der Waals surface area contributed by atoms with Gasteiger partial charge in [0.15, 0.2) is 5.11 Å². The molecule has 0 aliphatic carbocycles. The predicted molar refractivity (Wildman–Crippen MR) is 99.5 cm³/mol. The highest BCUT2D eigenvalue weighted by Gasteiger charge is 2.10. The third kappa shape index (κ3) is 5.42. The molecule has 1 aromatic carbocycles. The monoisotopic (exact) mass is 358 g/mol. The Bertz CT molecular complexity index is 812. The second-order valence-corrected chi connectivity index (χ2v) is 6.04. The van der Waals surface area contributed by atoms with E-state index in [1.807, 2.05) is 38.1 Å². The second-order valence-electron chi connectivity index (χ2n) is 5.63. The number of hydrogen-bond donors (Lipinski definition) is 2. The summed E-state index contributed by atoms with van der Waals surface area (Å²) in [5, 5.41) is 18.3. The van der Waals surface area contributed by atoms with E-state index in [1.54, 1.807) is 13.0 Å². The lowest BCUT2D eigenvalue weighted by Crippen LogP contribution is -2.25. The van der Waals surface area contributed by atoms with E-state index in [0.717, 1.165) is 16.8 Å². The molecule has 2 aromatic rings. The summed E-state index contributed by atoms with van der Waals surface area (Å²) in [6.07, 6.45) is 0.211. The number of hydrazone groups is 1. The Morgan fingerprint density at radius 1 is 1.32 bits per heavy atom. The Morgan fingerprint density at radius 2 is 2.04 bits per heavy atom. The Hall–Kier alpha value is -2.67. The number of aryl methyl sites for hydroxylation is 3. The maximum absolute atomic E-state index is 10.5. The van der Waals surface area contributed by atoms with Gasteiger partial charge in [0.1, 0.15) is 11.5 Å². The first kappa shape index (κ1) is 18.7. The number of para-hydroxylation sites is 1. The van der Waals surface area contributed by atoms with Crippen molar-refractivity contribution in [1.29, 1.82) is 0 Å². The topological polar surface area (TPSA) is 89.7 Å². The van der Waals surface area contributed by atoms with Crippen LogP contribution in [0, 0.1) is 13.8 Å². The van der Waals surface area contributed by atoms with Gasteiger partial charge in [-0.2, -0.15) is 5.10 Å². The van der Waals surface area contributed by atoms with Crippen molar-refractivity contribution in [2.24, 2.45) is 5.10 Å². The van der Waals surface area contributed by atoms with Gasteiger partial charge >= 0.3 is 0 Å². The van der Waals surface area contributed by atoms with Crippen molar-refractivity contribution in [1.82, 2.24) is 5.43 Å². The van der Waals surface area contributed by atoms with Crippen LogP contribution in [-0.2, 0) is 11.2 Å². The Balaban J connectivity index is 2.00. The molecule has 2 rings (SSSR count). The normalized spacial score (nSPS) is 11.2. The molecular weight excluding hydrogens is 338 g/mol. The number of hydrogen-bond acceptors (Lipinski definition) is 5. The summed E-state index contributed by atoms with van der Waals surface area (Å²) in [6, 6.07) is 9.59. The number of carbonyl (C=O) groups excluding carboxylic acids is 1. The van der Waals surface area contributed by atoms with E-state index < -0.39 is 5.97 Å². The van der Waals surface area contributed by atoms with Gasteiger partial charge in [-0.25, -0.2) is 0 Å². The molecule has 0 saturated heterocycles. The minimum Gasteiger partial charge on any atom is -0.550 e. The number of furan rings is 1. The highest BCUT2D eigenvalue weighted by molar-refractivity contribution is 7.80. The van der Waals surface area contributed by atoms with Gasteiger partial charge in [0, 0.05) is 23.6 Å². The summed E-state index contributed by atoms with van der Waals surface area (Å²) in [5.74, 6) is 0.163. The van der Waals surface area contributed by atoms with Crippen LogP contribution in [0.25, 0.3) is 0 Å². The molecule has 0 saturated carbocycles. The first-order chi connectivity index (χ1) is 11.9. The van der Waals surface area contributed by atoms with Crippen molar-refractivity contribution in [3.8, 4) is 0 Å². The van der Waals surface area contributed by atoms with E-state index in [9.17, 15) is 9.90 Å². The van der Waals surface area contributed by atoms with E-state index in [-0.39, 0.29) is 12.8 Å². The van der Waals surface area contributed by atoms with E-state index in [4.69, 9.17) is 16.6 Å². The van der Waals surface area contributed by atoms with Crippen LogP contribution in [0.5, 0.6) is 0 Å². The SMILES string of the molecule is C/C(=N/NC(=S)Nc1ccccc1C)c1cc(CCC(=O)[O-])oc1C. The minimum atomic E-state index is -1.10. The lowest BCUT2D eigenvalue weighted by atomic mass is 10.1. The molecule has 1 aromatic heterocycles. The molecule has 0 aliphatic heterocycles. The van der Waals surface area contributed by atoms with Gasteiger partial charge in [0.05, 0.1) is 5.71 Å². The zero-order valence-corrected chi connectivity index (χ0v) is 15.2. The average Bonchev–Trinajstić information content (AvgIpc) is 2.94. The average molecular weight is 358 g/mol. The maximum atomic E-state index is 10.5. The van der Waals surface area contributed by atoms with Crippen LogP contribution in [0.15, 0.2) is 39.9 Å². The van der Waals surface area contributed by atoms with Crippen molar-refractivity contribution in [3.63, 3.8) is 0 Å². The van der Waals surface area contributed by atoms with E-state index in [1.165, 1.54) is 0 Å². The quantitative estimate of drug-likeness (QED) is 0.468. The summed E-state index contributed by atoms with van der Waals surface area (Å²) in [5.41, 5.74) is 6.29. The van der Waals surface area contributed by atoms with Crippen LogP contribution in [0.3, 0.4) is 0 Å². The molecule has 132 valence electrons. The largest absolute Gasteiger partial charge is 0.550 e. The minimum absolute atomic E-state index is 0.0781. The number of carboxylic acids is 1. The summed E-state index contributed by atoms with van der Waals surface area (Å²) in [7, 11) is 0. The van der Waals surface area contributed by atoms with Crippen molar-refractivity contribution < 1.29 is 14.3 Å². The standard InChI is InChI=1S/C18H21N3O3S/c1-11-6-4-5-7-16(11)19-18(25)21-20-12(2)15-10-14(24-13(15)3)8-9-17(22)23/h4-7,10H,8-9H2,1-3H3,(H,22,23)(H2,19,21,25)/p-1/b20-12-. The molecule has 0 spiro atoms. The van der Waals surface area contributed by atoms with Gasteiger partial charge in [-0.05, 0) is 57.1 Å². The first-order valence-corrected chi connectivity index (χ1v) is 8.24. The fourth-order valence-corrected chi connectivity index (χ4v) is 2.47. The number of benzene rings is 1. The number of aliphatic carboxylic acids is 1. The molecule has 25 heavy (non-hydrogen) atoms. The number of carbonyl (C=O) groups is 1. The number of anilines is 1. The summed E-state index contributed by atoms with van der Waals surface area (Å²) in [6.45, 7) is 5.62. The highest BCUT2D eigenvalue weighted by atomic mass is 32.1. The smallest absolute Gasteiger partial charge is 0.191 e. The van der Waals surface area contributed by atoms with Crippen molar-refractivity contribution in [2.45, 2.75) is 33.6 Å². The molecule has 0 atom stereocenters. The molecule has 2 N–H and O–H groups in total. The fraction of sp³-hybridized carbons (Fsp3) is 0.278. The molecule has 0 amide bonds. The second kappa shape index (κ2) is 8.43. The first-order valence-electron chi connectivity index (χ1n) is 7.83. The van der Waals surface area contributed by atoms with Crippen LogP contribution >= 0.6 is 12.2 Å². The van der Waals surface area contributed by atoms with Crippen LogP contribution in [0.1, 0.15) is 36.0 Å². The molecular formula is C18H20N3O3S-. The highest BCUT2D eigenvalue weighted by Crippen LogP contribution is 2.17. The van der Waals surface area contributed by atoms with Gasteiger partial charge in [0.25, 0.3) is 0 Å². The van der Waals surface area contributed by atoms with Crippen LogP contribution in [0.4, 0.5) is 5.69 Å². The predicted octanol–water partition coefficient (Wildman–Crippen LogP) is 2.29. The molecule has 6 nitrogen and oxygen atoms in total. The number of carboxylic acid groups (broad SMARTS) is 1. The van der Waals surface area contributed by atoms with Crippen LogP contribution in [0.2, 0.25) is 0 Å². The van der Waals surface area contributed by atoms with Crippen LogP contribution in [-0.4, -0.2) is 16.8 Å². The van der Waals surface area contributed by atoms with Gasteiger partial charge in [0.2, 0.25) is 0 Å². The fourth-order valence-electron chi connectivity index (χ4n) is 2.31. The van der Waals surface area contributed by atoms with Gasteiger partial charge < -0.3 is 19.6 Å². The molecule has 0 unspecified atom stereocenters. The third-order valence-electron chi connectivity index (χ3n) is 3.65. The van der Waals surface area contributed by atoms with Crippen molar-refractivity contribution in [3.05, 3.63) is 53.0 Å². The van der Waals surface area contributed by atoms with Crippen molar-refractivity contribution in [2.75, 3.05) is 5.32 Å². The molecule has 0 fully saturated rings. The Labute approximate surface area is 151 Å². The lowest BCUT2D eigenvalue weighted by molar-refractivity contribution is -0.305. The summed E-state index contributed by atoms with van der Waals surface area (Å²) in [4.78, 5) is 10.5. The number of nitrogens with zero attached hydrogens (tertiary/aromatic N) is 1. The zero-order valence-electron chi connectivity index (χ0n) is 14.4. The van der Waals surface area contributed by atoms with Crippen LogP contribution < -0.4 is 15.8 Å². The van der Waals surface area contributed by atoms with E-state index in [0.29, 0.717) is 22.3 Å². The molecule has 0 aliphatic rings. The molecule has 7 heteroatoms. The van der Waals surface area contributed by atoms with E-state index >= 15 is 0 Å². The van der Waals surface area contributed by atoms with Gasteiger partial charge in [-0.15, -0.1) is 0 Å². The summed E-state index contributed by atoms with van der Waals surface area (Å²) >= 11 is 5.25. The number of nitrogens with one attached hydrogen (secondary N) is 2. The zero-order chi connectivity index (χ0) is 18.4. The van der Waals surface area contributed by atoms with E-state index in [2.05, 4.69) is 15.8 Å². The van der Waals surface area contributed by atoms with Gasteiger partial charge in [-0.3, -0.25) is 5.43 Å². The number of rotatable bonds is 6. The summed E-state index contributed by atoms with van der Waals surface area (Å²) < 4.78 is 5.56. The van der Waals surface area contributed by atoms with Gasteiger partial charge in [-0.1, -0.05) is 18.2 Å². The Morgan fingerprint density at radius 3 is 2.72 bits per heavy atom. The number of thiocarbonyl (C=S) groups is 1. The molecule has 0 bridgehead atoms. The lowest BCUT2D eigenvalue weighted by Gasteiger charge is -2.10. The van der Waals surface area contributed by atoms with Crippen molar-refractivity contribution >= 4 is 34.7 Å². The maximum Gasteiger partial charge on any atom is 0.191 e. The third-order valence-corrected chi connectivity index (χ3v) is 3.85.